The van der Waals surface area contributed by atoms with Crippen LogP contribution in [-0.4, -0.2) is 35.5 Å². The molecule has 1 aliphatic heterocycles. The van der Waals surface area contributed by atoms with Crippen molar-refractivity contribution in [3.63, 3.8) is 0 Å². The van der Waals surface area contributed by atoms with Gasteiger partial charge in [0.15, 0.2) is 0 Å². The zero-order valence-corrected chi connectivity index (χ0v) is 11.2. The number of rotatable bonds is 4. The van der Waals surface area contributed by atoms with Crippen molar-refractivity contribution in [1.82, 2.24) is 4.90 Å². The normalized spacial score (nSPS) is 25.4. The van der Waals surface area contributed by atoms with Gasteiger partial charge in [-0.25, -0.2) is 0 Å². The number of aliphatic hydroxyl groups is 1. The Bertz CT molecular complexity index is 478. The van der Waals surface area contributed by atoms with Crippen LogP contribution in [0.4, 0.5) is 5.69 Å². The van der Waals surface area contributed by atoms with Gasteiger partial charge in [-0.1, -0.05) is 12.1 Å². The van der Waals surface area contributed by atoms with Crippen molar-refractivity contribution in [2.24, 2.45) is 11.1 Å². The highest BCUT2D eigenvalue weighted by Gasteiger charge is 2.39. The number of nitrogens with two attached hydrogens (primary N) is 2. The molecule has 1 aliphatic rings. The van der Waals surface area contributed by atoms with Gasteiger partial charge in [-0.15, -0.1) is 0 Å². The second-order valence-corrected chi connectivity index (χ2v) is 5.60. The Morgan fingerprint density at radius 1 is 1.58 bits per heavy atom. The minimum absolute atomic E-state index is 0.270. The lowest BCUT2D eigenvalue weighted by Crippen LogP contribution is -2.37. The lowest BCUT2D eigenvalue weighted by Gasteiger charge is -2.23. The summed E-state index contributed by atoms with van der Waals surface area (Å²) < 4.78 is 0. The van der Waals surface area contributed by atoms with Crippen molar-refractivity contribution in [3.8, 4) is 0 Å². The van der Waals surface area contributed by atoms with Crippen molar-refractivity contribution in [3.05, 3.63) is 29.8 Å². The minimum atomic E-state index is -0.598. The van der Waals surface area contributed by atoms with Gasteiger partial charge < -0.3 is 16.6 Å². The molecule has 0 aliphatic carbocycles. The summed E-state index contributed by atoms with van der Waals surface area (Å²) in [5.74, 6) is -0.270. The molecular formula is C14H21N3O2. The second-order valence-electron chi connectivity index (χ2n) is 5.60. The summed E-state index contributed by atoms with van der Waals surface area (Å²) in [5.41, 5.74) is 12.1. The number of likely N-dealkylation sites (tertiary alicyclic amines) is 1. The third kappa shape index (κ3) is 3.05. The Kier molecular flexibility index (Phi) is 3.78. The summed E-state index contributed by atoms with van der Waals surface area (Å²) in [6.07, 6.45) is 0.144. The van der Waals surface area contributed by atoms with E-state index in [1.54, 1.807) is 12.1 Å². The number of carbonyl (C=O) groups excluding carboxylic acids is 1. The molecule has 1 heterocycles. The van der Waals surface area contributed by atoms with Crippen LogP contribution in [0.3, 0.4) is 0 Å². The van der Waals surface area contributed by atoms with E-state index in [9.17, 15) is 9.90 Å². The molecule has 2 atom stereocenters. The third-order valence-corrected chi connectivity index (χ3v) is 3.87. The summed E-state index contributed by atoms with van der Waals surface area (Å²) in [5, 5.41) is 10.2. The van der Waals surface area contributed by atoms with Gasteiger partial charge in [-0.2, -0.15) is 0 Å². The molecule has 0 saturated carbocycles. The van der Waals surface area contributed by atoms with Gasteiger partial charge >= 0.3 is 0 Å². The highest BCUT2D eigenvalue weighted by Crippen LogP contribution is 2.30. The Labute approximate surface area is 113 Å². The fourth-order valence-electron chi connectivity index (χ4n) is 2.53. The lowest BCUT2D eigenvalue weighted by atomic mass is 9.89. The van der Waals surface area contributed by atoms with Crippen LogP contribution < -0.4 is 11.5 Å². The molecule has 5 heteroatoms. The zero-order chi connectivity index (χ0) is 14.0. The number of carbonyl (C=O) groups is 1. The summed E-state index contributed by atoms with van der Waals surface area (Å²) in [6, 6.07) is 7.24. The van der Waals surface area contributed by atoms with Gasteiger partial charge in [0.2, 0.25) is 5.91 Å². The standard InChI is InChI=1S/C14H21N3O2/c1-14(13(16)19)5-6-17(9-14)8-12(18)10-3-2-4-11(15)7-10/h2-4,7,12,18H,5-6,8-9,15H2,1H3,(H2,16,19). The van der Waals surface area contributed by atoms with Gasteiger partial charge in [0.05, 0.1) is 11.5 Å². The van der Waals surface area contributed by atoms with Gasteiger partial charge in [-0.05, 0) is 37.6 Å². The molecule has 1 fully saturated rings. The molecular weight excluding hydrogens is 242 g/mol. The van der Waals surface area contributed by atoms with Crippen LogP contribution in [0.1, 0.15) is 25.0 Å². The second kappa shape index (κ2) is 5.19. The van der Waals surface area contributed by atoms with Gasteiger partial charge in [0, 0.05) is 18.8 Å². The molecule has 2 rings (SSSR count). The fraction of sp³-hybridized carbons (Fsp3) is 0.500. The minimum Gasteiger partial charge on any atom is -0.399 e. The van der Waals surface area contributed by atoms with Crippen LogP contribution in [-0.2, 0) is 4.79 Å². The van der Waals surface area contributed by atoms with E-state index in [4.69, 9.17) is 11.5 Å². The van der Waals surface area contributed by atoms with Crippen LogP contribution in [0.25, 0.3) is 0 Å². The Hall–Kier alpha value is -1.59. The van der Waals surface area contributed by atoms with Crippen molar-refractivity contribution >= 4 is 11.6 Å². The summed E-state index contributed by atoms with van der Waals surface area (Å²) in [7, 11) is 0. The van der Waals surface area contributed by atoms with Crippen molar-refractivity contribution < 1.29 is 9.90 Å². The maximum Gasteiger partial charge on any atom is 0.224 e. The number of benzene rings is 1. The van der Waals surface area contributed by atoms with Crippen LogP contribution >= 0.6 is 0 Å². The Morgan fingerprint density at radius 3 is 2.89 bits per heavy atom. The van der Waals surface area contributed by atoms with Crippen molar-refractivity contribution in [2.75, 3.05) is 25.4 Å². The molecule has 5 nitrogen and oxygen atoms in total. The number of nitrogen functional groups attached to an aromatic ring is 1. The van der Waals surface area contributed by atoms with E-state index in [-0.39, 0.29) is 5.91 Å². The Morgan fingerprint density at radius 2 is 2.32 bits per heavy atom. The average Bonchev–Trinajstić information content (AvgIpc) is 2.72. The molecule has 19 heavy (non-hydrogen) atoms. The van der Waals surface area contributed by atoms with Crippen molar-refractivity contribution in [2.45, 2.75) is 19.4 Å². The van der Waals surface area contributed by atoms with E-state index in [0.717, 1.165) is 18.5 Å². The predicted octanol–water partition coefficient (Wildman–Crippen LogP) is 0.499. The first-order chi connectivity index (χ1) is 8.90. The van der Waals surface area contributed by atoms with E-state index < -0.39 is 11.5 Å². The number of hydrogen-bond donors (Lipinski definition) is 3. The molecule has 2 unspecified atom stereocenters. The average molecular weight is 263 g/mol. The predicted molar refractivity (Wildman–Crippen MR) is 74.2 cm³/mol. The smallest absolute Gasteiger partial charge is 0.224 e. The number of nitrogens with zero attached hydrogens (tertiary/aromatic N) is 1. The number of aliphatic hydroxyl groups excluding tert-OH is 1. The van der Waals surface area contributed by atoms with Gasteiger partial charge in [-0.3, -0.25) is 9.69 Å². The van der Waals surface area contributed by atoms with Crippen LogP contribution in [0.2, 0.25) is 0 Å². The number of primary amides is 1. The molecule has 0 aromatic heterocycles. The molecule has 1 aromatic carbocycles. The summed E-state index contributed by atoms with van der Waals surface area (Å²) in [6.45, 7) is 3.75. The highest BCUT2D eigenvalue weighted by molar-refractivity contribution is 5.81. The lowest BCUT2D eigenvalue weighted by molar-refractivity contribution is -0.126. The first-order valence-corrected chi connectivity index (χ1v) is 6.46. The van der Waals surface area contributed by atoms with E-state index in [2.05, 4.69) is 4.90 Å². The molecule has 104 valence electrons. The zero-order valence-electron chi connectivity index (χ0n) is 11.2. The first-order valence-electron chi connectivity index (χ1n) is 6.46. The maximum atomic E-state index is 11.4. The van der Waals surface area contributed by atoms with Gasteiger partial charge in [0.1, 0.15) is 0 Å². The SMILES string of the molecule is CC1(C(N)=O)CCN(CC(O)c2cccc(N)c2)C1. The molecule has 5 N–H and O–H groups in total. The van der Waals surface area contributed by atoms with Crippen LogP contribution in [0, 0.1) is 5.41 Å². The fourth-order valence-corrected chi connectivity index (χ4v) is 2.53. The van der Waals surface area contributed by atoms with Gasteiger partial charge in [0.25, 0.3) is 0 Å². The third-order valence-electron chi connectivity index (χ3n) is 3.87. The molecule has 1 aromatic rings. The topological polar surface area (TPSA) is 92.6 Å². The Balaban J connectivity index is 1.98. The largest absolute Gasteiger partial charge is 0.399 e. The van der Waals surface area contributed by atoms with E-state index in [1.807, 2.05) is 19.1 Å². The van der Waals surface area contributed by atoms with Crippen molar-refractivity contribution in [1.29, 1.82) is 0 Å². The molecule has 1 amide bonds. The summed E-state index contributed by atoms with van der Waals surface area (Å²) >= 11 is 0. The molecule has 0 bridgehead atoms. The van der Waals surface area contributed by atoms with Crippen LogP contribution in [0.15, 0.2) is 24.3 Å². The quantitative estimate of drug-likeness (QED) is 0.690. The number of anilines is 1. The highest BCUT2D eigenvalue weighted by atomic mass is 16.3. The molecule has 1 saturated heterocycles. The molecule has 0 spiro atoms. The number of β-amino-alcohol motifs (C(OH)–C–C–N with tert-alkyl or cyclic N) is 1. The monoisotopic (exact) mass is 263 g/mol. The van der Waals surface area contributed by atoms with E-state index >= 15 is 0 Å². The molecule has 0 radical (unpaired) electrons. The van der Waals surface area contributed by atoms with Crippen LogP contribution in [0.5, 0.6) is 0 Å². The summed E-state index contributed by atoms with van der Waals surface area (Å²) in [4.78, 5) is 13.5. The first kappa shape index (κ1) is 13.8. The number of hydrogen-bond acceptors (Lipinski definition) is 4. The maximum absolute atomic E-state index is 11.4. The number of amides is 1. The van der Waals surface area contributed by atoms with E-state index in [1.165, 1.54) is 0 Å². The van der Waals surface area contributed by atoms with E-state index in [0.29, 0.717) is 18.8 Å².